The van der Waals surface area contributed by atoms with Crippen LogP contribution in [0.5, 0.6) is 0 Å². The van der Waals surface area contributed by atoms with E-state index in [1.807, 2.05) is 51.3 Å². The van der Waals surface area contributed by atoms with E-state index in [2.05, 4.69) is 10.6 Å². The van der Waals surface area contributed by atoms with Crippen molar-refractivity contribution in [2.75, 3.05) is 11.6 Å². The summed E-state index contributed by atoms with van der Waals surface area (Å²) in [5, 5.41) is 5.52. The average Bonchev–Trinajstić information content (AvgIpc) is 2.37. The lowest BCUT2D eigenvalue weighted by Crippen LogP contribution is -2.46. The Bertz CT molecular complexity index is 495. The van der Waals surface area contributed by atoms with E-state index in [0.717, 1.165) is 10.6 Å². The second kappa shape index (κ2) is 6.79. The van der Waals surface area contributed by atoms with Gasteiger partial charge in [0.25, 0.3) is 0 Å². The van der Waals surface area contributed by atoms with Crippen molar-refractivity contribution >= 4 is 29.3 Å². The summed E-state index contributed by atoms with van der Waals surface area (Å²) in [6, 6.07) is 7.03. The second-order valence-electron chi connectivity index (χ2n) is 5.67. The molecule has 110 valence electrons. The molecular weight excluding hydrogens is 272 g/mol. The van der Waals surface area contributed by atoms with Crippen LogP contribution in [0.25, 0.3) is 0 Å². The van der Waals surface area contributed by atoms with Crippen LogP contribution in [0.2, 0.25) is 0 Å². The zero-order valence-electron chi connectivity index (χ0n) is 12.6. The molecule has 1 aromatic carbocycles. The van der Waals surface area contributed by atoms with Crippen LogP contribution in [0.1, 0.15) is 27.7 Å². The molecule has 0 bridgehead atoms. The van der Waals surface area contributed by atoms with Crippen molar-refractivity contribution in [3.05, 3.63) is 24.3 Å². The van der Waals surface area contributed by atoms with Crippen LogP contribution in [0.3, 0.4) is 0 Å². The van der Waals surface area contributed by atoms with Gasteiger partial charge in [-0.15, -0.1) is 11.8 Å². The number of benzene rings is 1. The first-order chi connectivity index (χ1) is 9.24. The van der Waals surface area contributed by atoms with E-state index in [0.29, 0.717) is 0 Å². The number of carbonyl (C=O) groups excluding carboxylic acids is 2. The minimum atomic E-state index is -0.570. The third kappa shape index (κ3) is 4.89. The van der Waals surface area contributed by atoms with Gasteiger partial charge in [-0.05, 0) is 31.4 Å². The molecule has 0 spiro atoms. The number of thioether (sulfide) groups is 1. The van der Waals surface area contributed by atoms with Crippen molar-refractivity contribution in [1.29, 1.82) is 0 Å². The van der Waals surface area contributed by atoms with Crippen molar-refractivity contribution in [2.45, 2.75) is 38.6 Å². The average molecular weight is 294 g/mol. The van der Waals surface area contributed by atoms with Gasteiger partial charge in [-0.1, -0.05) is 26.8 Å². The van der Waals surface area contributed by atoms with E-state index in [-0.39, 0.29) is 11.8 Å². The molecule has 5 heteroatoms. The molecule has 2 N–H and O–H groups in total. The summed E-state index contributed by atoms with van der Waals surface area (Å²) in [5.74, 6) is -0.362. The monoisotopic (exact) mass is 294 g/mol. The molecule has 0 aliphatic carbocycles. The molecule has 0 saturated heterocycles. The van der Waals surface area contributed by atoms with Gasteiger partial charge >= 0.3 is 0 Å². The van der Waals surface area contributed by atoms with Gasteiger partial charge in [-0.3, -0.25) is 9.59 Å². The van der Waals surface area contributed by atoms with Gasteiger partial charge in [-0.25, -0.2) is 0 Å². The number of hydrogen-bond donors (Lipinski definition) is 2. The molecule has 0 aromatic heterocycles. The molecule has 0 aliphatic rings. The van der Waals surface area contributed by atoms with Gasteiger partial charge in [0.05, 0.1) is 0 Å². The molecule has 1 aromatic rings. The van der Waals surface area contributed by atoms with E-state index in [1.165, 1.54) is 0 Å². The molecule has 0 aliphatic heterocycles. The Kier molecular flexibility index (Phi) is 5.62. The second-order valence-corrected chi connectivity index (χ2v) is 6.55. The van der Waals surface area contributed by atoms with Gasteiger partial charge in [0.15, 0.2) is 0 Å². The van der Waals surface area contributed by atoms with Crippen molar-refractivity contribution in [2.24, 2.45) is 5.41 Å². The van der Waals surface area contributed by atoms with E-state index in [1.54, 1.807) is 18.7 Å². The first-order valence-electron chi connectivity index (χ1n) is 6.50. The lowest BCUT2D eigenvalue weighted by Gasteiger charge is -2.21. The molecule has 0 unspecified atom stereocenters. The molecule has 0 radical (unpaired) electrons. The molecule has 0 fully saturated rings. The molecule has 2 amide bonds. The lowest BCUT2D eigenvalue weighted by atomic mass is 9.95. The Morgan fingerprint density at radius 2 is 1.90 bits per heavy atom. The number of hydrogen-bond acceptors (Lipinski definition) is 3. The quantitative estimate of drug-likeness (QED) is 0.840. The predicted molar refractivity (Wildman–Crippen MR) is 83.9 cm³/mol. The fourth-order valence-electron chi connectivity index (χ4n) is 1.43. The summed E-state index contributed by atoms with van der Waals surface area (Å²) in [7, 11) is 0. The molecular formula is C15H22N2O2S. The van der Waals surface area contributed by atoms with E-state index >= 15 is 0 Å². The van der Waals surface area contributed by atoms with Crippen LogP contribution in [0, 0.1) is 5.41 Å². The molecule has 20 heavy (non-hydrogen) atoms. The SMILES string of the molecule is CSc1cccc(NC(=O)[C@H](C)NC(=O)C(C)(C)C)c1. The molecule has 4 nitrogen and oxygen atoms in total. The lowest BCUT2D eigenvalue weighted by molar-refractivity contribution is -0.131. The van der Waals surface area contributed by atoms with E-state index < -0.39 is 11.5 Å². The zero-order chi connectivity index (χ0) is 15.3. The van der Waals surface area contributed by atoms with Crippen LogP contribution in [0.15, 0.2) is 29.2 Å². The van der Waals surface area contributed by atoms with Crippen molar-refractivity contribution in [1.82, 2.24) is 5.32 Å². The highest BCUT2D eigenvalue weighted by Crippen LogP contribution is 2.19. The van der Waals surface area contributed by atoms with Crippen molar-refractivity contribution in [3.63, 3.8) is 0 Å². The Hall–Kier alpha value is -1.49. The van der Waals surface area contributed by atoms with Crippen LogP contribution < -0.4 is 10.6 Å². The first-order valence-corrected chi connectivity index (χ1v) is 7.72. The Balaban J connectivity index is 2.64. The number of carbonyl (C=O) groups is 2. The highest BCUT2D eigenvalue weighted by molar-refractivity contribution is 7.98. The molecule has 1 rings (SSSR count). The zero-order valence-corrected chi connectivity index (χ0v) is 13.4. The maximum atomic E-state index is 12.0. The summed E-state index contributed by atoms with van der Waals surface area (Å²) in [6.07, 6.45) is 1.98. The summed E-state index contributed by atoms with van der Waals surface area (Å²) >= 11 is 1.61. The third-order valence-corrected chi connectivity index (χ3v) is 3.48. The normalized spacial score (nSPS) is 12.7. The first kappa shape index (κ1) is 16.6. The van der Waals surface area contributed by atoms with Gasteiger partial charge in [0.2, 0.25) is 11.8 Å². The molecule has 1 atom stereocenters. The molecule has 0 heterocycles. The number of nitrogens with one attached hydrogen (secondary N) is 2. The minimum Gasteiger partial charge on any atom is -0.344 e. The number of anilines is 1. The smallest absolute Gasteiger partial charge is 0.246 e. The summed E-state index contributed by atoms with van der Waals surface area (Å²) in [4.78, 5) is 25.0. The third-order valence-electron chi connectivity index (χ3n) is 2.76. The van der Waals surface area contributed by atoms with Gasteiger partial charge in [0, 0.05) is 16.0 Å². The number of amides is 2. The summed E-state index contributed by atoms with van der Waals surface area (Å²) in [5.41, 5.74) is 0.228. The maximum Gasteiger partial charge on any atom is 0.246 e. The Morgan fingerprint density at radius 1 is 1.25 bits per heavy atom. The maximum absolute atomic E-state index is 12.0. The van der Waals surface area contributed by atoms with Gasteiger partial charge in [-0.2, -0.15) is 0 Å². The Labute approximate surface area is 124 Å². The number of rotatable bonds is 4. The van der Waals surface area contributed by atoms with Crippen LogP contribution in [-0.2, 0) is 9.59 Å². The van der Waals surface area contributed by atoms with Crippen LogP contribution in [0.4, 0.5) is 5.69 Å². The highest BCUT2D eigenvalue weighted by Gasteiger charge is 2.25. The largest absolute Gasteiger partial charge is 0.344 e. The Morgan fingerprint density at radius 3 is 2.45 bits per heavy atom. The summed E-state index contributed by atoms with van der Waals surface area (Å²) in [6.45, 7) is 7.12. The topological polar surface area (TPSA) is 58.2 Å². The fourth-order valence-corrected chi connectivity index (χ4v) is 1.89. The summed E-state index contributed by atoms with van der Waals surface area (Å²) < 4.78 is 0. The van der Waals surface area contributed by atoms with Crippen LogP contribution >= 0.6 is 11.8 Å². The van der Waals surface area contributed by atoms with E-state index in [4.69, 9.17) is 0 Å². The predicted octanol–water partition coefficient (Wildman–Crippen LogP) is 2.90. The van der Waals surface area contributed by atoms with Crippen molar-refractivity contribution < 1.29 is 9.59 Å². The highest BCUT2D eigenvalue weighted by atomic mass is 32.2. The van der Waals surface area contributed by atoms with Crippen LogP contribution in [-0.4, -0.2) is 24.1 Å². The van der Waals surface area contributed by atoms with Crippen molar-refractivity contribution in [3.8, 4) is 0 Å². The fraction of sp³-hybridized carbons (Fsp3) is 0.467. The standard InChI is InChI=1S/C15H22N2O2S/c1-10(16-14(19)15(2,3)4)13(18)17-11-7-6-8-12(9-11)20-5/h6-10H,1-5H3,(H,16,19)(H,17,18)/t10-/m0/s1. The minimum absolute atomic E-state index is 0.141. The van der Waals surface area contributed by atoms with Gasteiger partial charge < -0.3 is 10.6 Å². The molecule has 0 saturated carbocycles. The van der Waals surface area contributed by atoms with E-state index in [9.17, 15) is 9.59 Å². The van der Waals surface area contributed by atoms with Gasteiger partial charge in [0.1, 0.15) is 6.04 Å².